The Morgan fingerprint density at radius 2 is 2.04 bits per heavy atom. The Labute approximate surface area is 146 Å². The second-order valence-corrected chi connectivity index (χ2v) is 6.65. The van der Waals surface area contributed by atoms with Gasteiger partial charge in [0, 0.05) is 11.9 Å². The van der Waals surface area contributed by atoms with E-state index in [0.29, 0.717) is 16.9 Å². The number of hydrogen-bond donors (Lipinski definition) is 3. The van der Waals surface area contributed by atoms with Crippen molar-refractivity contribution in [3.05, 3.63) is 37.1 Å². The molecular weight excluding hydrogens is 344 g/mol. The molecule has 0 unspecified atom stereocenters. The van der Waals surface area contributed by atoms with Gasteiger partial charge in [-0.25, -0.2) is 19.9 Å². The lowest BCUT2D eigenvalue weighted by Crippen LogP contribution is -2.32. The molecule has 4 heterocycles. The van der Waals surface area contributed by atoms with Crippen LogP contribution in [0.25, 0.3) is 11.2 Å². The molecule has 4 rings (SSSR count). The van der Waals surface area contributed by atoms with E-state index >= 15 is 0 Å². The molecule has 0 aliphatic carbocycles. The zero-order valence-corrected chi connectivity index (χ0v) is 13.8. The largest absolute Gasteiger partial charge is 0.387 e. The van der Waals surface area contributed by atoms with Gasteiger partial charge in [-0.3, -0.25) is 4.57 Å². The molecule has 4 N–H and O–H groups in total. The summed E-state index contributed by atoms with van der Waals surface area (Å²) in [6, 6.07) is 5.60. The first kappa shape index (κ1) is 16.2. The maximum atomic E-state index is 10.4. The zero-order valence-electron chi connectivity index (χ0n) is 13.0. The fourth-order valence-corrected chi connectivity index (χ4v) is 3.67. The van der Waals surface area contributed by atoms with Gasteiger partial charge in [-0.15, -0.1) is 11.8 Å². The number of thioether (sulfide) groups is 1. The molecule has 1 saturated heterocycles. The highest BCUT2D eigenvalue weighted by Gasteiger charge is 2.44. The summed E-state index contributed by atoms with van der Waals surface area (Å²) >= 11 is 1.45. The van der Waals surface area contributed by atoms with Gasteiger partial charge in [0.05, 0.1) is 17.5 Å². The van der Waals surface area contributed by atoms with Crippen molar-refractivity contribution in [1.82, 2.24) is 24.5 Å². The van der Waals surface area contributed by atoms with E-state index in [0.717, 1.165) is 5.03 Å². The highest BCUT2D eigenvalue weighted by molar-refractivity contribution is 7.99. The van der Waals surface area contributed by atoms with Crippen molar-refractivity contribution in [2.45, 2.75) is 29.6 Å². The molecule has 130 valence electrons. The van der Waals surface area contributed by atoms with E-state index in [2.05, 4.69) is 19.9 Å². The van der Waals surface area contributed by atoms with Crippen LogP contribution < -0.4 is 5.73 Å². The summed E-state index contributed by atoms with van der Waals surface area (Å²) in [6.07, 6.45) is 1.01. The van der Waals surface area contributed by atoms with Crippen LogP contribution in [0, 0.1) is 0 Å². The second-order valence-electron chi connectivity index (χ2n) is 5.61. The third kappa shape index (κ3) is 2.93. The molecule has 1 fully saturated rings. The number of imidazole rings is 1. The van der Waals surface area contributed by atoms with Crippen LogP contribution in [0.2, 0.25) is 0 Å². The van der Waals surface area contributed by atoms with Crippen LogP contribution in [0.5, 0.6) is 0 Å². The molecule has 9 nitrogen and oxygen atoms in total. The molecule has 0 saturated carbocycles. The normalized spacial score (nSPS) is 26.3. The lowest BCUT2D eigenvalue weighted by Gasteiger charge is -2.16. The molecule has 0 bridgehead atoms. The molecule has 10 heteroatoms. The van der Waals surface area contributed by atoms with Crippen LogP contribution in [-0.4, -0.2) is 58.8 Å². The number of ether oxygens (including phenoxy) is 1. The van der Waals surface area contributed by atoms with E-state index in [-0.39, 0.29) is 5.82 Å². The molecule has 3 aromatic rings. The molecule has 4 atom stereocenters. The molecule has 1 aliphatic heterocycles. The third-order valence-electron chi connectivity index (χ3n) is 4.03. The summed E-state index contributed by atoms with van der Waals surface area (Å²) in [5.41, 5.74) is 6.66. The van der Waals surface area contributed by atoms with Crippen LogP contribution >= 0.6 is 11.8 Å². The minimum absolute atomic E-state index is 0.249. The number of aromatic nitrogens is 5. The zero-order chi connectivity index (χ0) is 17.4. The summed E-state index contributed by atoms with van der Waals surface area (Å²) in [7, 11) is 0. The first-order valence-corrected chi connectivity index (χ1v) is 8.62. The van der Waals surface area contributed by atoms with Crippen molar-refractivity contribution in [2.24, 2.45) is 0 Å². The number of fused-ring (bicyclic) bond motifs is 1. The Morgan fingerprint density at radius 3 is 2.84 bits per heavy atom. The van der Waals surface area contributed by atoms with E-state index in [1.54, 1.807) is 10.8 Å². The first-order valence-electron chi connectivity index (χ1n) is 7.63. The number of rotatable bonds is 4. The predicted molar refractivity (Wildman–Crippen MR) is 90.6 cm³/mol. The highest BCUT2D eigenvalue weighted by Crippen LogP contribution is 2.34. The van der Waals surface area contributed by atoms with Crippen molar-refractivity contribution in [2.75, 3.05) is 11.5 Å². The Kier molecular flexibility index (Phi) is 4.25. The van der Waals surface area contributed by atoms with Crippen molar-refractivity contribution in [3.8, 4) is 0 Å². The predicted octanol–water partition coefficient (Wildman–Crippen LogP) is 0.215. The number of nitrogen functional groups attached to an aromatic ring is 1. The smallest absolute Gasteiger partial charge is 0.167 e. The summed E-state index contributed by atoms with van der Waals surface area (Å²) in [5.74, 6) is 0.703. The van der Waals surface area contributed by atoms with Gasteiger partial charge < -0.3 is 20.7 Å². The van der Waals surface area contributed by atoms with E-state index in [9.17, 15) is 10.2 Å². The number of aliphatic hydroxyl groups excluding tert-OH is 2. The van der Waals surface area contributed by atoms with Gasteiger partial charge in [0.1, 0.15) is 24.1 Å². The van der Waals surface area contributed by atoms with Gasteiger partial charge >= 0.3 is 0 Å². The standard InChI is InChI=1S/C15H16N6O3S/c16-13-10-14(19-6-18-13)21(7-20-10)15-12(23)11(22)8(24-15)5-25-9-3-1-2-4-17-9/h1-4,6-8,11-12,15,22-23H,5H2,(H2,16,18,19)/t8-,11-,12-,15-/m1/s1. The fraction of sp³-hybridized carbons (Fsp3) is 0.333. The minimum Gasteiger partial charge on any atom is -0.387 e. The van der Waals surface area contributed by atoms with Crippen molar-refractivity contribution < 1.29 is 14.9 Å². The molecule has 1 aliphatic rings. The van der Waals surface area contributed by atoms with Crippen LogP contribution in [0.3, 0.4) is 0 Å². The number of aliphatic hydroxyl groups is 2. The maximum absolute atomic E-state index is 10.4. The number of hydrogen-bond acceptors (Lipinski definition) is 9. The molecule has 0 amide bonds. The average molecular weight is 360 g/mol. The van der Waals surface area contributed by atoms with Gasteiger partial charge in [0.2, 0.25) is 0 Å². The third-order valence-corrected chi connectivity index (χ3v) is 5.06. The van der Waals surface area contributed by atoms with E-state index in [4.69, 9.17) is 10.5 Å². The molecule has 0 spiro atoms. The minimum atomic E-state index is -1.11. The summed E-state index contributed by atoms with van der Waals surface area (Å²) in [5, 5.41) is 21.6. The second kappa shape index (κ2) is 6.56. The van der Waals surface area contributed by atoms with Gasteiger partial charge in [-0.1, -0.05) is 6.07 Å². The lowest BCUT2D eigenvalue weighted by molar-refractivity contribution is -0.0289. The number of nitrogens with zero attached hydrogens (tertiary/aromatic N) is 5. The van der Waals surface area contributed by atoms with Crippen molar-refractivity contribution in [3.63, 3.8) is 0 Å². The van der Waals surface area contributed by atoms with Crippen molar-refractivity contribution >= 4 is 28.7 Å². The summed E-state index contributed by atoms with van der Waals surface area (Å²) in [6.45, 7) is 0. The van der Waals surface area contributed by atoms with Crippen LogP contribution in [0.15, 0.2) is 42.1 Å². The lowest BCUT2D eigenvalue weighted by atomic mass is 10.1. The molecule has 25 heavy (non-hydrogen) atoms. The van der Waals surface area contributed by atoms with Gasteiger partial charge in [-0.2, -0.15) is 0 Å². The Morgan fingerprint density at radius 1 is 1.16 bits per heavy atom. The van der Waals surface area contributed by atoms with Crippen LogP contribution in [0.4, 0.5) is 5.82 Å². The number of anilines is 1. The molecule has 0 aromatic carbocycles. The number of nitrogens with two attached hydrogens (primary N) is 1. The van der Waals surface area contributed by atoms with E-state index < -0.39 is 24.5 Å². The van der Waals surface area contributed by atoms with E-state index in [1.807, 2.05) is 18.2 Å². The molecule has 0 radical (unpaired) electrons. The van der Waals surface area contributed by atoms with E-state index in [1.165, 1.54) is 24.4 Å². The maximum Gasteiger partial charge on any atom is 0.167 e. The van der Waals surface area contributed by atoms with Gasteiger partial charge in [0.15, 0.2) is 17.7 Å². The Bertz CT molecular complexity index is 876. The average Bonchev–Trinajstić information content (AvgIpc) is 3.18. The van der Waals surface area contributed by atoms with Gasteiger partial charge in [0.25, 0.3) is 0 Å². The van der Waals surface area contributed by atoms with Crippen LogP contribution in [-0.2, 0) is 4.74 Å². The van der Waals surface area contributed by atoms with Crippen LogP contribution in [0.1, 0.15) is 6.23 Å². The molecular formula is C15H16N6O3S. The fourth-order valence-electron chi connectivity index (χ4n) is 2.75. The molecule has 3 aromatic heterocycles. The number of pyridine rings is 1. The summed E-state index contributed by atoms with van der Waals surface area (Å²) < 4.78 is 7.44. The summed E-state index contributed by atoms with van der Waals surface area (Å²) in [4.78, 5) is 16.4. The Hall–Kier alpha value is -2.27. The first-order chi connectivity index (χ1) is 12.1. The monoisotopic (exact) mass is 360 g/mol. The Balaban J connectivity index is 1.54. The highest BCUT2D eigenvalue weighted by atomic mass is 32.2. The quantitative estimate of drug-likeness (QED) is 0.559. The SMILES string of the molecule is Nc1ncnc2c1ncn2[C@@H]1O[C@H](CSc2ccccn2)[C@@H](O)[C@H]1O. The van der Waals surface area contributed by atoms with Crippen molar-refractivity contribution in [1.29, 1.82) is 0 Å². The topological polar surface area (TPSA) is 132 Å². The van der Waals surface area contributed by atoms with Gasteiger partial charge in [-0.05, 0) is 12.1 Å².